The van der Waals surface area contributed by atoms with Gasteiger partial charge >= 0.3 is 0 Å². The van der Waals surface area contributed by atoms with Crippen LogP contribution < -0.4 is 4.90 Å². The predicted molar refractivity (Wildman–Crippen MR) is 111 cm³/mol. The molecule has 0 spiro atoms. The van der Waals surface area contributed by atoms with Gasteiger partial charge in [-0.1, -0.05) is 6.07 Å². The van der Waals surface area contributed by atoms with E-state index in [0.29, 0.717) is 6.04 Å². The second kappa shape index (κ2) is 6.12. The number of hydrogen-bond acceptors (Lipinski definition) is 6. The van der Waals surface area contributed by atoms with E-state index in [1.54, 1.807) is 0 Å². The number of piperidine rings is 1. The lowest BCUT2D eigenvalue weighted by atomic mass is 10.0. The van der Waals surface area contributed by atoms with Crippen molar-refractivity contribution in [2.45, 2.75) is 6.04 Å². The molecule has 1 aliphatic heterocycles. The maximum absolute atomic E-state index is 4.54. The van der Waals surface area contributed by atoms with Crippen LogP contribution in [0.15, 0.2) is 42.9 Å². The second-order valence-corrected chi connectivity index (χ2v) is 8.23. The van der Waals surface area contributed by atoms with Crippen molar-refractivity contribution in [1.82, 2.24) is 35.5 Å². The van der Waals surface area contributed by atoms with Gasteiger partial charge in [0.1, 0.15) is 0 Å². The van der Waals surface area contributed by atoms with E-state index in [2.05, 4.69) is 78.8 Å². The third-order valence-corrected chi connectivity index (χ3v) is 6.49. The smallest absolute Gasteiger partial charge is 0.151 e. The molecule has 1 unspecified atom stereocenters. The van der Waals surface area contributed by atoms with Gasteiger partial charge in [-0.25, -0.2) is 0 Å². The summed E-state index contributed by atoms with van der Waals surface area (Å²) >= 11 is 0. The van der Waals surface area contributed by atoms with E-state index < -0.39 is 0 Å². The van der Waals surface area contributed by atoms with E-state index in [4.69, 9.17) is 0 Å². The van der Waals surface area contributed by atoms with E-state index in [9.17, 15) is 0 Å². The van der Waals surface area contributed by atoms with Crippen molar-refractivity contribution in [3.05, 3.63) is 42.9 Å². The molecule has 0 bridgehead atoms. The summed E-state index contributed by atoms with van der Waals surface area (Å²) in [5, 5.41) is 24.4. The summed E-state index contributed by atoms with van der Waals surface area (Å²) in [6, 6.07) is 8.88. The van der Waals surface area contributed by atoms with E-state index in [0.717, 1.165) is 50.9 Å². The molecule has 146 valence electrons. The topological polar surface area (TPSA) is 89.6 Å². The molecule has 1 saturated carbocycles. The Labute approximate surface area is 167 Å². The fourth-order valence-electron chi connectivity index (χ4n) is 4.99. The Bertz CT molecular complexity index is 1150. The molecular formula is C21H22N8. The lowest BCUT2D eigenvalue weighted by Crippen LogP contribution is -2.31. The number of nitrogens with one attached hydrogen (secondary N) is 2. The third-order valence-electron chi connectivity index (χ3n) is 6.49. The number of fused-ring (bicyclic) bond motifs is 2. The van der Waals surface area contributed by atoms with Crippen LogP contribution in [0, 0.1) is 11.8 Å². The number of anilines is 1. The Morgan fingerprint density at radius 2 is 1.83 bits per heavy atom. The van der Waals surface area contributed by atoms with Gasteiger partial charge in [-0.05, 0) is 42.6 Å². The maximum Gasteiger partial charge on any atom is 0.151 e. The molecule has 2 fully saturated rings. The van der Waals surface area contributed by atoms with Gasteiger partial charge < -0.3 is 9.80 Å². The Morgan fingerprint density at radius 3 is 2.55 bits per heavy atom. The highest BCUT2D eigenvalue weighted by Gasteiger charge is 2.57. The molecule has 0 amide bonds. The first-order chi connectivity index (χ1) is 14.2. The summed E-state index contributed by atoms with van der Waals surface area (Å²) in [6.45, 7) is 2.37. The number of likely N-dealkylation sites (tertiary alicyclic amines) is 1. The first-order valence-electron chi connectivity index (χ1n) is 9.91. The normalized spacial score (nSPS) is 23.4. The number of rotatable bonds is 4. The zero-order chi connectivity index (χ0) is 19.5. The predicted octanol–water partition coefficient (Wildman–Crippen LogP) is 2.41. The third kappa shape index (κ3) is 2.56. The Balaban J connectivity index is 1.30. The van der Waals surface area contributed by atoms with Gasteiger partial charge in [0.25, 0.3) is 0 Å². The lowest BCUT2D eigenvalue weighted by molar-refractivity contribution is 0.360. The molecule has 8 nitrogen and oxygen atoms in total. The highest BCUT2D eigenvalue weighted by Crippen LogP contribution is 2.48. The van der Waals surface area contributed by atoms with Crippen molar-refractivity contribution < 1.29 is 0 Å². The van der Waals surface area contributed by atoms with Gasteiger partial charge in [-0.15, -0.1) is 10.2 Å². The molecule has 1 aliphatic carbocycles. The van der Waals surface area contributed by atoms with E-state index in [1.807, 2.05) is 18.6 Å². The highest BCUT2D eigenvalue weighted by atomic mass is 15.3. The van der Waals surface area contributed by atoms with Gasteiger partial charge in [-0.2, -0.15) is 10.2 Å². The first kappa shape index (κ1) is 16.7. The molecule has 1 saturated heterocycles. The zero-order valence-electron chi connectivity index (χ0n) is 16.4. The number of aromatic nitrogens is 6. The minimum atomic E-state index is 0.597. The summed E-state index contributed by atoms with van der Waals surface area (Å²) in [7, 11) is 4.34. The van der Waals surface area contributed by atoms with Crippen LogP contribution in [0.5, 0.6) is 0 Å². The molecule has 1 aromatic carbocycles. The van der Waals surface area contributed by atoms with Gasteiger partial charge in [0.15, 0.2) is 5.82 Å². The molecule has 3 atom stereocenters. The first-order valence-corrected chi connectivity index (χ1v) is 9.91. The Morgan fingerprint density at radius 1 is 1.00 bits per heavy atom. The van der Waals surface area contributed by atoms with Gasteiger partial charge in [0, 0.05) is 48.9 Å². The minimum Gasteiger partial charge on any atom is -0.355 e. The fourth-order valence-corrected chi connectivity index (χ4v) is 4.99. The van der Waals surface area contributed by atoms with Gasteiger partial charge in [0.05, 0.1) is 23.6 Å². The van der Waals surface area contributed by atoms with Crippen molar-refractivity contribution in [2.75, 3.05) is 32.1 Å². The molecular weight excluding hydrogens is 364 g/mol. The molecule has 3 aromatic heterocycles. The van der Waals surface area contributed by atoms with Crippen LogP contribution in [-0.2, 0) is 0 Å². The number of benzene rings is 1. The number of aromatic amines is 2. The standard InChI is InChI=1S/C21H22N8/c1-28-10-16-17(11-28)21(16)29(2)19-6-5-18(25-26-19)14-4-3-13(12-7-22-23-8-12)15-9-24-27-20(14)15/h3-9,16-17,21H,10-11H2,1-2H3,(H,22,23)(H,24,27)/t16-,17+,21?. The Kier molecular flexibility index (Phi) is 3.52. The summed E-state index contributed by atoms with van der Waals surface area (Å²) in [5.41, 5.74) is 4.91. The summed E-state index contributed by atoms with van der Waals surface area (Å²) in [6.07, 6.45) is 5.55. The van der Waals surface area contributed by atoms with Gasteiger partial charge in [0.2, 0.25) is 0 Å². The second-order valence-electron chi connectivity index (χ2n) is 8.23. The molecule has 2 aliphatic rings. The number of H-pyrrole nitrogens is 2. The maximum atomic E-state index is 4.54. The molecule has 4 aromatic rings. The Hall–Kier alpha value is -3.26. The molecule has 8 heteroatoms. The lowest BCUT2D eigenvalue weighted by Gasteiger charge is -2.22. The largest absolute Gasteiger partial charge is 0.355 e. The van der Waals surface area contributed by atoms with Crippen LogP contribution >= 0.6 is 0 Å². The van der Waals surface area contributed by atoms with Crippen LogP contribution in [0.2, 0.25) is 0 Å². The van der Waals surface area contributed by atoms with Crippen LogP contribution in [0.4, 0.5) is 5.82 Å². The van der Waals surface area contributed by atoms with Gasteiger partial charge in [-0.3, -0.25) is 10.2 Å². The molecule has 29 heavy (non-hydrogen) atoms. The van der Waals surface area contributed by atoms with Crippen molar-refractivity contribution >= 4 is 16.7 Å². The number of hydrogen-bond donors (Lipinski definition) is 2. The van der Waals surface area contributed by atoms with E-state index in [1.165, 1.54) is 13.1 Å². The summed E-state index contributed by atoms with van der Waals surface area (Å²) in [4.78, 5) is 4.71. The highest BCUT2D eigenvalue weighted by molar-refractivity contribution is 6.01. The van der Waals surface area contributed by atoms with Crippen LogP contribution in [0.25, 0.3) is 33.3 Å². The number of nitrogens with zero attached hydrogens (tertiary/aromatic N) is 6. The van der Waals surface area contributed by atoms with Crippen LogP contribution in [0.1, 0.15) is 0 Å². The SMILES string of the molecule is CN1C[C@@H]2C(N(C)c3ccc(-c4ccc(-c5cn[nH]c5)c5cn[nH]c45)nn3)[C@@H]2C1. The van der Waals surface area contributed by atoms with Crippen molar-refractivity contribution in [3.63, 3.8) is 0 Å². The average Bonchev–Trinajstić information content (AvgIpc) is 3.26. The minimum absolute atomic E-state index is 0.597. The summed E-state index contributed by atoms with van der Waals surface area (Å²) in [5.74, 6) is 2.48. The fraction of sp³-hybridized carbons (Fsp3) is 0.333. The average molecular weight is 386 g/mol. The zero-order valence-corrected chi connectivity index (χ0v) is 16.4. The van der Waals surface area contributed by atoms with E-state index >= 15 is 0 Å². The monoisotopic (exact) mass is 386 g/mol. The van der Waals surface area contributed by atoms with Crippen molar-refractivity contribution in [2.24, 2.45) is 11.8 Å². The van der Waals surface area contributed by atoms with Crippen LogP contribution in [0.3, 0.4) is 0 Å². The summed E-state index contributed by atoms with van der Waals surface area (Å²) < 4.78 is 0. The quantitative estimate of drug-likeness (QED) is 0.560. The van der Waals surface area contributed by atoms with E-state index in [-0.39, 0.29) is 0 Å². The molecule has 6 rings (SSSR count). The molecule has 2 N–H and O–H groups in total. The van der Waals surface area contributed by atoms with Crippen molar-refractivity contribution in [3.8, 4) is 22.4 Å². The molecule has 0 radical (unpaired) electrons. The molecule has 4 heterocycles. The van der Waals surface area contributed by atoms with Crippen LogP contribution in [-0.4, -0.2) is 68.7 Å². The van der Waals surface area contributed by atoms with Crippen molar-refractivity contribution in [1.29, 1.82) is 0 Å².